The van der Waals surface area contributed by atoms with Crippen LogP contribution in [0.1, 0.15) is 29.6 Å². The van der Waals surface area contributed by atoms with E-state index < -0.39 is 34.4 Å². The van der Waals surface area contributed by atoms with Crippen LogP contribution in [0, 0.1) is 0 Å². The molecule has 0 aromatic heterocycles. The third kappa shape index (κ3) is 5.05. The quantitative estimate of drug-likeness (QED) is 0.453. The number of ketones is 1. The number of sulfonamides is 1. The lowest BCUT2D eigenvalue weighted by Gasteiger charge is -2.32. The van der Waals surface area contributed by atoms with Gasteiger partial charge < -0.3 is 14.2 Å². The first-order valence-electron chi connectivity index (χ1n) is 9.87. The summed E-state index contributed by atoms with van der Waals surface area (Å²) in [7, 11) is -0.953. The van der Waals surface area contributed by atoms with Crippen molar-refractivity contribution < 1.29 is 32.2 Å². The van der Waals surface area contributed by atoms with Crippen LogP contribution >= 0.6 is 0 Å². The van der Waals surface area contributed by atoms with Gasteiger partial charge >= 0.3 is 5.97 Å². The molecule has 8 nitrogen and oxygen atoms in total. The van der Waals surface area contributed by atoms with E-state index in [0.29, 0.717) is 30.8 Å². The van der Waals surface area contributed by atoms with Crippen LogP contribution in [0.15, 0.2) is 53.4 Å². The summed E-state index contributed by atoms with van der Waals surface area (Å²) in [6, 6.07) is 11.7. The smallest absolute Gasteiger partial charge is 0.324 e. The lowest BCUT2D eigenvalue weighted by molar-refractivity contribution is -0.148. The molecule has 9 heteroatoms. The first-order chi connectivity index (χ1) is 14.9. The number of hydrogen-bond donors (Lipinski definition) is 0. The number of methoxy groups -OCH3 is 2. The molecule has 0 aliphatic carbocycles. The number of esters is 1. The number of piperidine rings is 1. The Hall–Kier alpha value is -2.91. The summed E-state index contributed by atoms with van der Waals surface area (Å²) < 4.78 is 42.8. The molecule has 0 spiro atoms. The van der Waals surface area contributed by atoms with Crippen molar-refractivity contribution in [3.8, 4) is 11.5 Å². The topological polar surface area (TPSA) is 99.2 Å². The maximum atomic E-state index is 13.0. The van der Waals surface area contributed by atoms with Gasteiger partial charge in [0.25, 0.3) is 0 Å². The number of nitrogens with zero attached hydrogens (tertiary/aromatic N) is 1. The number of ether oxygens (including phenoxy) is 3. The summed E-state index contributed by atoms with van der Waals surface area (Å²) >= 11 is 0. The van der Waals surface area contributed by atoms with Crippen molar-refractivity contribution in [1.29, 1.82) is 0 Å². The Morgan fingerprint density at radius 2 is 1.77 bits per heavy atom. The van der Waals surface area contributed by atoms with Crippen molar-refractivity contribution in [3.05, 3.63) is 54.1 Å². The predicted octanol–water partition coefficient (Wildman–Crippen LogP) is 2.67. The van der Waals surface area contributed by atoms with E-state index in [9.17, 15) is 18.0 Å². The molecule has 31 heavy (non-hydrogen) atoms. The van der Waals surface area contributed by atoms with Crippen molar-refractivity contribution >= 4 is 21.8 Å². The number of Topliss-reactive ketones (excluding diaryl/α,β-unsaturated/α-hetero) is 1. The summed E-state index contributed by atoms with van der Waals surface area (Å²) in [6.45, 7) is -0.313. The molecule has 0 bridgehead atoms. The highest BCUT2D eigenvalue weighted by molar-refractivity contribution is 7.89. The first kappa shape index (κ1) is 22.8. The van der Waals surface area contributed by atoms with Gasteiger partial charge in [-0.05, 0) is 49.6 Å². The summed E-state index contributed by atoms with van der Waals surface area (Å²) in [6.07, 6.45) is 1.68. The molecule has 1 unspecified atom stereocenters. The van der Waals surface area contributed by atoms with Crippen LogP contribution in [0.5, 0.6) is 11.5 Å². The van der Waals surface area contributed by atoms with Crippen molar-refractivity contribution in [2.24, 2.45) is 0 Å². The standard InChI is InChI=1S/C22H25NO7S/c1-28-16-11-12-21(29-2)18(14-16)20(24)15-30-22(25)19-10-6-7-13-23(19)31(26,27)17-8-4-3-5-9-17/h3-5,8-9,11-12,14,19H,6-7,10,13,15H2,1-2H3. The van der Waals surface area contributed by atoms with E-state index in [1.165, 1.54) is 36.7 Å². The van der Waals surface area contributed by atoms with Gasteiger partial charge in [0, 0.05) is 6.54 Å². The monoisotopic (exact) mass is 447 g/mol. The van der Waals surface area contributed by atoms with E-state index >= 15 is 0 Å². The fourth-order valence-corrected chi connectivity index (χ4v) is 5.17. The summed E-state index contributed by atoms with van der Waals surface area (Å²) in [5.41, 5.74) is 0.215. The fourth-order valence-electron chi connectivity index (χ4n) is 3.50. The summed E-state index contributed by atoms with van der Waals surface area (Å²) in [5.74, 6) is -0.428. The molecule has 1 saturated heterocycles. The third-order valence-corrected chi connectivity index (χ3v) is 7.05. The van der Waals surface area contributed by atoms with Gasteiger partial charge in [-0.15, -0.1) is 0 Å². The normalized spacial score (nSPS) is 17.0. The predicted molar refractivity (Wildman–Crippen MR) is 113 cm³/mol. The summed E-state index contributed by atoms with van der Waals surface area (Å²) in [4.78, 5) is 25.5. The third-order valence-electron chi connectivity index (χ3n) is 5.13. The Morgan fingerprint density at radius 1 is 1.03 bits per heavy atom. The molecule has 1 aliphatic rings. The van der Waals surface area contributed by atoms with Crippen LogP contribution in [-0.2, 0) is 19.6 Å². The molecule has 2 aromatic carbocycles. The van der Waals surface area contributed by atoms with Gasteiger partial charge in [0.1, 0.15) is 17.5 Å². The number of rotatable bonds is 8. The average Bonchev–Trinajstić information content (AvgIpc) is 2.82. The Kier molecular flexibility index (Phi) is 7.29. The molecule has 1 aliphatic heterocycles. The highest BCUT2D eigenvalue weighted by Crippen LogP contribution is 2.27. The molecule has 0 radical (unpaired) electrons. The lowest BCUT2D eigenvalue weighted by Crippen LogP contribution is -2.48. The number of carbonyl (C=O) groups excluding carboxylic acids is 2. The van der Waals surface area contributed by atoms with Crippen LogP contribution in [0.4, 0.5) is 0 Å². The zero-order chi connectivity index (χ0) is 22.4. The van der Waals surface area contributed by atoms with E-state index in [1.54, 1.807) is 30.3 Å². The van der Waals surface area contributed by atoms with E-state index in [1.807, 2.05) is 0 Å². The minimum absolute atomic E-state index is 0.117. The molecular formula is C22H25NO7S. The number of hydrogen-bond acceptors (Lipinski definition) is 7. The van der Waals surface area contributed by atoms with Gasteiger partial charge in [0.15, 0.2) is 6.61 Å². The average molecular weight is 448 g/mol. The van der Waals surface area contributed by atoms with Crippen molar-refractivity contribution in [1.82, 2.24) is 4.31 Å². The van der Waals surface area contributed by atoms with Crippen molar-refractivity contribution in [2.75, 3.05) is 27.4 Å². The Bertz CT molecular complexity index is 1040. The summed E-state index contributed by atoms with van der Waals surface area (Å²) in [5, 5.41) is 0. The Morgan fingerprint density at radius 3 is 2.45 bits per heavy atom. The molecule has 1 heterocycles. The van der Waals surface area contributed by atoms with Gasteiger partial charge in [0.2, 0.25) is 15.8 Å². The minimum atomic E-state index is -3.86. The van der Waals surface area contributed by atoms with Crippen LogP contribution in [-0.4, -0.2) is 57.9 Å². The molecule has 0 amide bonds. The zero-order valence-electron chi connectivity index (χ0n) is 17.4. The van der Waals surface area contributed by atoms with Crippen molar-refractivity contribution in [3.63, 3.8) is 0 Å². The van der Waals surface area contributed by atoms with Crippen LogP contribution in [0.25, 0.3) is 0 Å². The second kappa shape index (κ2) is 9.93. The van der Waals surface area contributed by atoms with Crippen molar-refractivity contribution in [2.45, 2.75) is 30.2 Å². The van der Waals surface area contributed by atoms with Gasteiger partial charge in [0.05, 0.1) is 24.7 Å². The van der Waals surface area contributed by atoms with E-state index in [4.69, 9.17) is 14.2 Å². The van der Waals surface area contributed by atoms with Crippen LogP contribution in [0.3, 0.4) is 0 Å². The minimum Gasteiger partial charge on any atom is -0.497 e. The molecular weight excluding hydrogens is 422 g/mol. The molecule has 0 saturated carbocycles. The SMILES string of the molecule is COc1ccc(OC)c(C(=O)COC(=O)C2CCCCN2S(=O)(=O)c2ccccc2)c1. The maximum absolute atomic E-state index is 13.0. The molecule has 3 rings (SSSR count). The molecule has 2 aromatic rings. The molecule has 1 atom stereocenters. The number of carbonyl (C=O) groups is 2. The van der Waals surface area contributed by atoms with E-state index in [0.717, 1.165) is 0 Å². The Labute approximate surface area is 181 Å². The molecule has 166 valence electrons. The van der Waals surface area contributed by atoms with Crippen LogP contribution < -0.4 is 9.47 Å². The van der Waals surface area contributed by atoms with Gasteiger partial charge in [-0.25, -0.2) is 8.42 Å². The lowest BCUT2D eigenvalue weighted by atomic mass is 10.1. The fraction of sp³-hybridized carbons (Fsp3) is 0.364. The number of benzene rings is 2. The highest BCUT2D eigenvalue weighted by atomic mass is 32.2. The maximum Gasteiger partial charge on any atom is 0.324 e. The molecule has 1 fully saturated rings. The first-order valence-corrected chi connectivity index (χ1v) is 11.3. The van der Waals surface area contributed by atoms with E-state index in [2.05, 4.69) is 0 Å². The second-order valence-electron chi connectivity index (χ2n) is 7.04. The highest BCUT2D eigenvalue weighted by Gasteiger charge is 2.38. The van der Waals surface area contributed by atoms with Gasteiger partial charge in [-0.2, -0.15) is 4.31 Å². The zero-order valence-corrected chi connectivity index (χ0v) is 18.3. The largest absolute Gasteiger partial charge is 0.497 e. The Balaban J connectivity index is 1.74. The van der Waals surface area contributed by atoms with Gasteiger partial charge in [-0.3, -0.25) is 9.59 Å². The van der Waals surface area contributed by atoms with E-state index in [-0.39, 0.29) is 17.0 Å². The molecule has 0 N–H and O–H groups in total. The second-order valence-corrected chi connectivity index (χ2v) is 8.93. The van der Waals surface area contributed by atoms with Crippen LogP contribution in [0.2, 0.25) is 0 Å². The van der Waals surface area contributed by atoms with Gasteiger partial charge in [-0.1, -0.05) is 18.2 Å².